The van der Waals surface area contributed by atoms with Crippen LogP contribution in [0.2, 0.25) is 0 Å². The molecule has 0 aliphatic heterocycles. The first-order valence-electron chi connectivity index (χ1n) is 3.36. The summed E-state index contributed by atoms with van der Waals surface area (Å²) in [5, 5.41) is 4.76. The average molecular weight is 200 g/mol. The molecule has 0 aromatic carbocycles. The fraction of sp³-hybridized carbons (Fsp3) is 1.00. The molecular formula is C5H13FN2O3S. The van der Waals surface area contributed by atoms with Gasteiger partial charge in [0, 0.05) is 13.6 Å². The minimum Gasteiger partial charge on any atom is -0.377 e. The summed E-state index contributed by atoms with van der Waals surface area (Å²) in [7, 11) is -2.30. The maximum absolute atomic E-state index is 11.5. The Kier molecular flexibility index (Phi) is 5.31. The van der Waals surface area contributed by atoms with Gasteiger partial charge >= 0.3 is 0 Å². The Morgan fingerprint density at radius 2 is 2.08 bits per heavy atom. The first-order chi connectivity index (χ1) is 5.48. The Hall–Kier alpha value is -0.240. The van der Waals surface area contributed by atoms with E-state index < -0.39 is 16.9 Å². The van der Waals surface area contributed by atoms with Gasteiger partial charge in [-0.25, -0.2) is 9.53 Å². The molecule has 0 fully saturated rings. The monoisotopic (exact) mass is 200 g/mol. The van der Waals surface area contributed by atoms with Gasteiger partial charge in [0.05, 0.1) is 13.2 Å². The minimum atomic E-state index is -3.63. The Balaban J connectivity index is 3.52. The van der Waals surface area contributed by atoms with Crippen LogP contribution in [0, 0.1) is 0 Å². The molecule has 0 aliphatic carbocycles. The number of nitrogens with two attached hydrogens (primary N) is 1. The van der Waals surface area contributed by atoms with Gasteiger partial charge in [0.25, 0.3) is 10.2 Å². The van der Waals surface area contributed by atoms with Crippen LogP contribution in [-0.2, 0) is 14.9 Å². The van der Waals surface area contributed by atoms with Crippen molar-refractivity contribution in [3.8, 4) is 0 Å². The zero-order valence-electron chi connectivity index (χ0n) is 6.86. The predicted octanol–water partition coefficient (Wildman–Crippen LogP) is -0.892. The van der Waals surface area contributed by atoms with Gasteiger partial charge in [-0.3, -0.25) is 0 Å². The summed E-state index contributed by atoms with van der Waals surface area (Å²) in [4.78, 5) is 0. The largest absolute Gasteiger partial charge is 0.377 e. The second-order valence-corrected chi connectivity index (χ2v) is 3.82. The highest BCUT2D eigenvalue weighted by atomic mass is 32.2. The van der Waals surface area contributed by atoms with Crippen LogP contribution in [0.4, 0.5) is 4.39 Å². The molecule has 0 saturated carbocycles. The molecule has 0 amide bonds. The predicted molar refractivity (Wildman–Crippen MR) is 42.5 cm³/mol. The van der Waals surface area contributed by atoms with Gasteiger partial charge in [0.1, 0.15) is 6.67 Å². The summed E-state index contributed by atoms with van der Waals surface area (Å²) < 4.78 is 38.3. The van der Waals surface area contributed by atoms with Crippen molar-refractivity contribution >= 4 is 10.2 Å². The van der Waals surface area contributed by atoms with Gasteiger partial charge in [0.2, 0.25) is 0 Å². The van der Waals surface area contributed by atoms with Gasteiger partial charge < -0.3 is 4.74 Å². The third-order valence-corrected chi connectivity index (χ3v) is 2.26. The molecule has 0 radical (unpaired) electrons. The van der Waals surface area contributed by atoms with E-state index in [0.717, 1.165) is 4.31 Å². The Morgan fingerprint density at radius 3 is 2.50 bits per heavy atom. The minimum absolute atomic E-state index is 0.0154. The summed E-state index contributed by atoms with van der Waals surface area (Å²) in [6, 6.07) is 0. The number of likely N-dealkylation sites (N-methyl/N-ethyl adjacent to an activating group) is 1. The molecule has 0 unspecified atom stereocenters. The lowest BCUT2D eigenvalue weighted by Crippen LogP contribution is -2.35. The van der Waals surface area contributed by atoms with E-state index in [0.29, 0.717) is 0 Å². The lowest BCUT2D eigenvalue weighted by Gasteiger charge is -2.12. The zero-order chi connectivity index (χ0) is 9.61. The van der Waals surface area contributed by atoms with Gasteiger partial charge in [-0.05, 0) is 0 Å². The Labute approximate surface area is 71.5 Å². The molecule has 0 spiro atoms. The Morgan fingerprint density at radius 1 is 1.50 bits per heavy atom. The molecule has 12 heavy (non-hydrogen) atoms. The van der Waals surface area contributed by atoms with Crippen LogP contribution >= 0.6 is 0 Å². The molecule has 74 valence electrons. The molecule has 0 bridgehead atoms. The SMILES string of the molecule is CN(CCOCCF)S(N)(=O)=O. The van der Waals surface area contributed by atoms with Gasteiger partial charge in [-0.15, -0.1) is 0 Å². The van der Waals surface area contributed by atoms with Crippen molar-refractivity contribution in [3.05, 3.63) is 0 Å². The van der Waals surface area contributed by atoms with E-state index in [1.54, 1.807) is 0 Å². The van der Waals surface area contributed by atoms with Crippen LogP contribution in [-0.4, -0.2) is 46.2 Å². The van der Waals surface area contributed by atoms with Crippen molar-refractivity contribution in [2.75, 3.05) is 33.5 Å². The van der Waals surface area contributed by atoms with Crippen molar-refractivity contribution < 1.29 is 17.5 Å². The topological polar surface area (TPSA) is 72.6 Å². The van der Waals surface area contributed by atoms with Crippen LogP contribution in [0.25, 0.3) is 0 Å². The first-order valence-corrected chi connectivity index (χ1v) is 4.86. The molecule has 0 rings (SSSR count). The number of ether oxygens (including phenoxy) is 1. The van der Waals surface area contributed by atoms with Crippen LogP contribution < -0.4 is 5.14 Å². The molecule has 0 heterocycles. The smallest absolute Gasteiger partial charge is 0.276 e. The van der Waals surface area contributed by atoms with Crippen molar-refractivity contribution in [2.24, 2.45) is 5.14 Å². The van der Waals surface area contributed by atoms with E-state index in [-0.39, 0.29) is 19.8 Å². The van der Waals surface area contributed by atoms with Crippen molar-refractivity contribution in [1.29, 1.82) is 0 Å². The Bertz CT molecular complexity index is 207. The highest BCUT2D eigenvalue weighted by Gasteiger charge is 2.09. The van der Waals surface area contributed by atoms with E-state index in [4.69, 9.17) is 9.88 Å². The maximum Gasteiger partial charge on any atom is 0.276 e. The van der Waals surface area contributed by atoms with E-state index >= 15 is 0 Å². The van der Waals surface area contributed by atoms with E-state index in [1.807, 2.05) is 0 Å². The molecule has 0 aliphatic rings. The highest BCUT2D eigenvalue weighted by Crippen LogP contribution is 1.88. The second kappa shape index (κ2) is 5.41. The third-order valence-electron chi connectivity index (χ3n) is 1.21. The molecule has 0 aromatic rings. The standard InChI is InChI=1S/C5H13FN2O3S/c1-8(12(7,9)10)3-5-11-4-2-6/h2-5H2,1H3,(H2,7,9,10). The van der Waals surface area contributed by atoms with Crippen molar-refractivity contribution in [3.63, 3.8) is 0 Å². The summed E-state index contributed by atoms with van der Waals surface area (Å²) in [6.07, 6.45) is 0. The van der Waals surface area contributed by atoms with Crippen LogP contribution in [0.3, 0.4) is 0 Å². The second-order valence-electron chi connectivity index (χ2n) is 2.17. The lowest BCUT2D eigenvalue weighted by atomic mass is 10.7. The molecule has 0 atom stereocenters. The fourth-order valence-electron chi connectivity index (χ4n) is 0.477. The highest BCUT2D eigenvalue weighted by molar-refractivity contribution is 7.86. The van der Waals surface area contributed by atoms with Crippen LogP contribution in [0.15, 0.2) is 0 Å². The molecule has 5 nitrogen and oxygen atoms in total. The quantitative estimate of drug-likeness (QED) is 0.565. The van der Waals surface area contributed by atoms with Gasteiger partial charge in [0.15, 0.2) is 0 Å². The first kappa shape index (κ1) is 11.8. The molecular weight excluding hydrogens is 187 g/mol. The summed E-state index contributed by atoms with van der Waals surface area (Å²) in [5.41, 5.74) is 0. The molecule has 7 heteroatoms. The molecule has 0 saturated heterocycles. The number of nitrogens with zero attached hydrogens (tertiary/aromatic N) is 1. The summed E-state index contributed by atoms with van der Waals surface area (Å²) in [6.45, 7) is -0.298. The van der Waals surface area contributed by atoms with Gasteiger partial charge in [-0.1, -0.05) is 0 Å². The zero-order valence-corrected chi connectivity index (χ0v) is 7.68. The number of alkyl halides is 1. The van der Waals surface area contributed by atoms with Crippen molar-refractivity contribution in [1.82, 2.24) is 4.31 Å². The lowest BCUT2D eigenvalue weighted by molar-refractivity contribution is 0.112. The number of hydrogen-bond donors (Lipinski definition) is 1. The molecule has 0 aromatic heterocycles. The fourth-order valence-corrected chi connectivity index (χ4v) is 0.806. The van der Waals surface area contributed by atoms with Crippen molar-refractivity contribution in [2.45, 2.75) is 0 Å². The number of rotatable bonds is 6. The summed E-state index contributed by atoms with van der Waals surface area (Å²) >= 11 is 0. The van der Waals surface area contributed by atoms with Gasteiger partial charge in [-0.2, -0.15) is 12.7 Å². The third kappa shape index (κ3) is 5.42. The maximum atomic E-state index is 11.5. The normalized spacial score (nSPS) is 12.3. The number of hydrogen-bond acceptors (Lipinski definition) is 3. The molecule has 2 N–H and O–H groups in total. The summed E-state index contributed by atoms with van der Waals surface area (Å²) in [5.74, 6) is 0. The number of halogens is 1. The average Bonchev–Trinajstić information content (AvgIpc) is 1.96. The van der Waals surface area contributed by atoms with Crippen LogP contribution in [0.5, 0.6) is 0 Å². The van der Waals surface area contributed by atoms with E-state index in [9.17, 15) is 12.8 Å². The van der Waals surface area contributed by atoms with Crippen LogP contribution in [0.1, 0.15) is 0 Å². The van der Waals surface area contributed by atoms with E-state index in [2.05, 4.69) is 0 Å². The van der Waals surface area contributed by atoms with E-state index in [1.165, 1.54) is 7.05 Å².